The molecule has 1 nitrogen and oxygen atoms in total. The minimum absolute atomic E-state index is 0.133. The number of hydrogen-bond acceptors (Lipinski definition) is 2. The minimum atomic E-state index is 0.133. The molecule has 1 rings (SSSR count). The second-order valence-electron chi connectivity index (χ2n) is 1.70. The van der Waals surface area contributed by atoms with Crippen LogP contribution < -0.4 is 0 Å². The van der Waals surface area contributed by atoms with Crippen molar-refractivity contribution < 1.29 is 0 Å². The molecule has 0 spiro atoms. The zero-order chi connectivity index (χ0) is 8.43. The van der Waals surface area contributed by atoms with Gasteiger partial charge in [-0.15, -0.1) is 11.3 Å². The molecule has 0 atom stereocenters. The number of halogens is 4. The Bertz CT molecular complexity index is 212. The zero-order valence-electron chi connectivity index (χ0n) is 5.10. The summed E-state index contributed by atoms with van der Waals surface area (Å²) in [6.45, 7) is 0. The van der Waals surface area contributed by atoms with E-state index in [0.29, 0.717) is 0 Å². The number of nitrogens with zero attached hydrogens (tertiary/aromatic N) is 1. The zero-order valence-corrected chi connectivity index (χ0v) is 12.3. The average molecular weight is 429 g/mol. The Morgan fingerprint density at radius 2 is 1.82 bits per heavy atom. The second-order valence-corrected chi connectivity index (χ2v) is 8.71. The summed E-state index contributed by atoms with van der Waals surface area (Å²) in [4.78, 5) is 5.39. The SMILES string of the molecule is BrC(Br)c1ncsc1C(Br)Br. The molecule has 0 bridgehead atoms. The van der Waals surface area contributed by atoms with Gasteiger partial charge in [-0.1, -0.05) is 63.7 Å². The van der Waals surface area contributed by atoms with Gasteiger partial charge in [0, 0.05) is 0 Å². The Kier molecular flexibility index (Phi) is 4.54. The van der Waals surface area contributed by atoms with E-state index in [-0.39, 0.29) is 7.47 Å². The van der Waals surface area contributed by atoms with Crippen LogP contribution in [0.4, 0.5) is 0 Å². The first-order valence-corrected chi connectivity index (χ1v) is 7.16. The maximum atomic E-state index is 4.20. The fraction of sp³-hybridized carbons (Fsp3) is 0.400. The van der Waals surface area contributed by atoms with Crippen molar-refractivity contribution in [2.24, 2.45) is 0 Å². The van der Waals surface area contributed by atoms with E-state index < -0.39 is 0 Å². The second kappa shape index (κ2) is 4.69. The molecule has 11 heavy (non-hydrogen) atoms. The summed E-state index contributed by atoms with van der Waals surface area (Å²) < 4.78 is 0.323. The molecule has 0 aliphatic carbocycles. The standard InChI is InChI=1S/C5H3Br4NS/c6-4(7)2-3(5(8)9)11-1-10-2/h1,4-5H. The number of thiazole rings is 1. The molecule has 0 N–H and O–H groups in total. The van der Waals surface area contributed by atoms with Crippen molar-refractivity contribution in [1.29, 1.82) is 0 Å². The molecular formula is C5H3Br4NS. The van der Waals surface area contributed by atoms with Crippen LogP contribution in [0.15, 0.2) is 5.51 Å². The van der Waals surface area contributed by atoms with Crippen LogP contribution in [-0.4, -0.2) is 4.98 Å². The predicted octanol–water partition coefficient (Wildman–Crippen LogP) is 4.72. The molecule has 1 aromatic rings. The lowest BCUT2D eigenvalue weighted by Gasteiger charge is -2.02. The van der Waals surface area contributed by atoms with Gasteiger partial charge < -0.3 is 0 Å². The van der Waals surface area contributed by atoms with Crippen LogP contribution in [0.3, 0.4) is 0 Å². The molecule has 0 unspecified atom stereocenters. The summed E-state index contributed by atoms with van der Waals surface area (Å²) in [7, 11) is 0. The summed E-state index contributed by atoms with van der Waals surface area (Å²) >= 11 is 15.3. The maximum absolute atomic E-state index is 4.20. The molecule has 0 radical (unpaired) electrons. The van der Waals surface area contributed by atoms with E-state index in [1.807, 2.05) is 5.51 Å². The van der Waals surface area contributed by atoms with Gasteiger partial charge in [-0.25, -0.2) is 4.98 Å². The first-order valence-electron chi connectivity index (χ1n) is 2.62. The van der Waals surface area contributed by atoms with Crippen molar-refractivity contribution in [3.63, 3.8) is 0 Å². The third-order valence-corrected chi connectivity index (χ3v) is 4.33. The number of aromatic nitrogens is 1. The molecule has 0 saturated carbocycles. The highest BCUT2D eigenvalue weighted by Crippen LogP contribution is 2.40. The van der Waals surface area contributed by atoms with Crippen LogP contribution in [0, 0.1) is 0 Å². The van der Waals surface area contributed by atoms with Crippen molar-refractivity contribution >= 4 is 75.1 Å². The molecule has 6 heteroatoms. The molecule has 0 saturated heterocycles. The summed E-state index contributed by atoms with van der Waals surface area (Å²) in [5.41, 5.74) is 2.85. The van der Waals surface area contributed by atoms with Crippen LogP contribution >= 0.6 is 75.1 Å². The van der Waals surface area contributed by atoms with Crippen LogP contribution in [0.1, 0.15) is 18.0 Å². The smallest absolute Gasteiger partial charge is 0.113 e. The van der Waals surface area contributed by atoms with Crippen molar-refractivity contribution in [2.45, 2.75) is 7.47 Å². The quantitative estimate of drug-likeness (QED) is 0.621. The molecule has 0 aromatic carbocycles. The topological polar surface area (TPSA) is 12.9 Å². The largest absolute Gasteiger partial charge is 0.247 e. The Balaban J connectivity index is 2.96. The van der Waals surface area contributed by atoms with Gasteiger partial charge in [-0.3, -0.25) is 0 Å². The average Bonchev–Trinajstić information content (AvgIpc) is 2.32. The van der Waals surface area contributed by atoms with Gasteiger partial charge in [0.05, 0.1) is 16.1 Å². The normalized spacial score (nSPS) is 11.5. The monoisotopic (exact) mass is 425 g/mol. The van der Waals surface area contributed by atoms with Crippen molar-refractivity contribution in [2.75, 3.05) is 0 Å². The molecule has 62 valence electrons. The molecule has 0 aliphatic rings. The number of rotatable bonds is 2. The predicted molar refractivity (Wildman–Crippen MR) is 63.3 cm³/mol. The Morgan fingerprint density at radius 3 is 2.18 bits per heavy atom. The maximum Gasteiger partial charge on any atom is 0.113 e. The molecular weight excluding hydrogens is 426 g/mol. The first-order chi connectivity index (χ1) is 5.13. The van der Waals surface area contributed by atoms with Crippen LogP contribution in [0.25, 0.3) is 0 Å². The minimum Gasteiger partial charge on any atom is -0.247 e. The van der Waals surface area contributed by atoms with E-state index in [9.17, 15) is 0 Å². The lowest BCUT2D eigenvalue weighted by Crippen LogP contribution is -1.86. The van der Waals surface area contributed by atoms with Gasteiger partial charge in [-0.05, 0) is 0 Å². The molecule has 0 fully saturated rings. The summed E-state index contributed by atoms with van der Waals surface area (Å²) in [6, 6.07) is 0. The van der Waals surface area contributed by atoms with E-state index >= 15 is 0 Å². The fourth-order valence-corrected chi connectivity index (χ4v) is 3.41. The highest BCUT2D eigenvalue weighted by Gasteiger charge is 2.16. The van der Waals surface area contributed by atoms with E-state index in [1.165, 1.54) is 4.88 Å². The third kappa shape index (κ3) is 2.76. The van der Waals surface area contributed by atoms with Gasteiger partial charge >= 0.3 is 0 Å². The van der Waals surface area contributed by atoms with Crippen molar-refractivity contribution in [1.82, 2.24) is 4.98 Å². The lowest BCUT2D eigenvalue weighted by molar-refractivity contribution is 1.20. The van der Waals surface area contributed by atoms with E-state index in [2.05, 4.69) is 68.7 Å². The Morgan fingerprint density at radius 1 is 1.18 bits per heavy atom. The van der Waals surface area contributed by atoms with E-state index in [0.717, 1.165) is 5.69 Å². The van der Waals surface area contributed by atoms with E-state index in [1.54, 1.807) is 11.3 Å². The van der Waals surface area contributed by atoms with E-state index in [4.69, 9.17) is 0 Å². The summed E-state index contributed by atoms with van der Waals surface area (Å²) in [5, 5.41) is 0. The molecule has 0 amide bonds. The molecule has 1 heterocycles. The van der Waals surface area contributed by atoms with Crippen LogP contribution in [0.5, 0.6) is 0 Å². The third-order valence-electron chi connectivity index (χ3n) is 1.03. The van der Waals surface area contributed by atoms with Gasteiger partial charge in [0.15, 0.2) is 0 Å². The van der Waals surface area contributed by atoms with Gasteiger partial charge in [0.25, 0.3) is 0 Å². The highest BCUT2D eigenvalue weighted by molar-refractivity contribution is 9.24. The summed E-state index contributed by atoms with van der Waals surface area (Å²) in [5.74, 6) is 0. The Hall–Kier alpha value is 1.55. The van der Waals surface area contributed by atoms with Gasteiger partial charge in [-0.2, -0.15) is 0 Å². The molecule has 0 aliphatic heterocycles. The fourth-order valence-electron chi connectivity index (χ4n) is 0.591. The number of hydrogen-bond donors (Lipinski definition) is 0. The number of alkyl halides is 4. The lowest BCUT2D eigenvalue weighted by atomic mass is 10.4. The van der Waals surface area contributed by atoms with Crippen LogP contribution in [0.2, 0.25) is 0 Å². The molecule has 1 aromatic heterocycles. The summed E-state index contributed by atoms with van der Waals surface area (Å²) in [6.07, 6.45) is 0. The Labute approximate surface area is 102 Å². The van der Waals surface area contributed by atoms with Crippen molar-refractivity contribution in [3.8, 4) is 0 Å². The van der Waals surface area contributed by atoms with Gasteiger partial charge in [0.1, 0.15) is 7.47 Å². The van der Waals surface area contributed by atoms with Crippen molar-refractivity contribution in [3.05, 3.63) is 16.1 Å². The highest BCUT2D eigenvalue weighted by atomic mass is 79.9. The van der Waals surface area contributed by atoms with Crippen LogP contribution in [-0.2, 0) is 0 Å². The van der Waals surface area contributed by atoms with Gasteiger partial charge in [0.2, 0.25) is 0 Å². The first kappa shape index (κ1) is 10.6.